The van der Waals surface area contributed by atoms with E-state index in [0.717, 1.165) is 55.6 Å². The van der Waals surface area contributed by atoms with Crippen LogP contribution in [0, 0.1) is 19.0 Å². The van der Waals surface area contributed by atoms with Crippen molar-refractivity contribution in [1.82, 2.24) is 9.97 Å². The molecule has 3 aromatic heterocycles. The van der Waals surface area contributed by atoms with Crippen LogP contribution in [-0.4, -0.2) is 23.2 Å². The number of hydrogen-bond donors (Lipinski definition) is 0. The van der Waals surface area contributed by atoms with Gasteiger partial charge in [0.05, 0.1) is 5.58 Å². The number of pyridine rings is 2. The number of aromatic nitrogens is 2. The molecule has 0 atom stereocenters. The maximum Gasteiger partial charge on any atom is 0 e. The normalized spacial score (nSPS) is 12.4. The Kier molecular flexibility index (Phi) is 10.2. The average Bonchev–Trinajstić information content (AvgIpc) is 3.56. The number of aryl methyl sites for hydroxylation is 1. The zero-order valence-corrected chi connectivity index (χ0v) is 34.5. The van der Waals surface area contributed by atoms with Crippen molar-refractivity contribution in [2.75, 3.05) is 0 Å². The molecule has 0 aliphatic carbocycles. The van der Waals surface area contributed by atoms with Crippen molar-refractivity contribution in [3.05, 3.63) is 163 Å². The van der Waals surface area contributed by atoms with E-state index in [0.29, 0.717) is 11.5 Å². The number of benzene rings is 5. The Morgan fingerprint density at radius 1 is 0.673 bits per heavy atom. The second-order valence-electron chi connectivity index (χ2n) is 14.2. The van der Waals surface area contributed by atoms with E-state index in [4.69, 9.17) is 8.53 Å². The fourth-order valence-corrected chi connectivity index (χ4v) is 8.35. The molecule has 0 aliphatic heterocycles. The third-order valence-electron chi connectivity index (χ3n) is 9.15. The molecule has 0 saturated carbocycles. The van der Waals surface area contributed by atoms with Gasteiger partial charge in [0.1, 0.15) is 5.58 Å². The van der Waals surface area contributed by atoms with Crippen LogP contribution in [0.1, 0.15) is 35.0 Å². The summed E-state index contributed by atoms with van der Waals surface area (Å²) in [5, 5.41) is 2.01. The molecule has 8 rings (SSSR count). The first-order valence-corrected chi connectivity index (χ1v) is 24.7. The Bertz CT molecular complexity index is 2560. The molecule has 261 valence electrons. The van der Waals surface area contributed by atoms with Gasteiger partial charge < -0.3 is 9.40 Å². The number of fused-ring (bicyclic) bond motifs is 3. The summed E-state index contributed by atoms with van der Waals surface area (Å²) in [6.07, 6.45) is 3.88. The summed E-state index contributed by atoms with van der Waals surface area (Å²) >= 11 is -1.79. The summed E-state index contributed by atoms with van der Waals surface area (Å²) < 4.78 is 30.8. The minimum absolute atomic E-state index is 0. The Balaban J connectivity index is 0.000000196. The van der Waals surface area contributed by atoms with Gasteiger partial charge in [-0.05, 0) is 41.7 Å². The van der Waals surface area contributed by atoms with Crippen molar-refractivity contribution in [2.45, 2.75) is 43.9 Å². The second-order valence-corrected chi connectivity index (χ2v) is 24.8. The SMILES string of the molecule is [2H]C([2H])([2H])c1cccc(-c2ccc3c(c2)oc2c(-c4cc(C(C)C)ccn4)[c-]ccc23)c1.[CH3][Ge]([CH3])([CH3])[c]1ccc(-c2[c-]ccc(-c3ccccc3)c2)nc1.[Ir]. The van der Waals surface area contributed by atoms with E-state index < -0.39 is 20.1 Å². The van der Waals surface area contributed by atoms with Crippen LogP contribution >= 0.6 is 0 Å². The Hall–Kier alpha value is -4.61. The first-order valence-electron chi connectivity index (χ1n) is 18.8. The van der Waals surface area contributed by atoms with E-state index in [-0.39, 0.29) is 20.1 Å². The molecule has 0 aliphatic rings. The largest absolute Gasteiger partial charge is 0 e. The molecule has 52 heavy (non-hydrogen) atoms. The van der Waals surface area contributed by atoms with Gasteiger partial charge in [0.15, 0.2) is 0 Å². The standard InChI is InChI=1S/C27H22NO.C20H20GeN.Ir/c1-17(2)19-12-13-28-25(15-19)24-9-5-8-23-22-11-10-21(16-26(22)29-27(23)24)20-7-4-6-18(3)14-20;1-21(2,3)19-12-13-20(22-15-19)18-11-7-10-17(14-18)16-8-5-4-6-9-16;/h4-8,10-17H,1-3H3;4-10,12-15H,1-3H3;/q2*-1;/i3D3;;. The average molecular weight is 919 g/mol. The van der Waals surface area contributed by atoms with Gasteiger partial charge in [-0.25, -0.2) is 0 Å². The molecule has 0 spiro atoms. The zero-order valence-electron chi connectivity index (χ0n) is 33.0. The number of furan rings is 1. The second kappa shape index (κ2) is 16.0. The van der Waals surface area contributed by atoms with Crippen LogP contribution in [0.15, 0.2) is 144 Å². The number of hydrogen-bond acceptors (Lipinski definition) is 3. The summed E-state index contributed by atoms with van der Waals surface area (Å²) in [7, 11) is 0. The first-order chi connectivity index (χ1) is 25.8. The molecule has 0 bridgehead atoms. The molecule has 5 heteroatoms. The molecule has 8 aromatic rings. The van der Waals surface area contributed by atoms with E-state index in [2.05, 4.69) is 114 Å². The van der Waals surface area contributed by atoms with E-state index in [1.165, 1.54) is 21.1 Å². The predicted molar refractivity (Wildman–Crippen MR) is 217 cm³/mol. The third-order valence-corrected chi connectivity index (χ3v) is 13.4. The predicted octanol–water partition coefficient (Wildman–Crippen LogP) is 12.3. The summed E-state index contributed by atoms with van der Waals surface area (Å²) in [5.74, 6) is 7.57. The van der Waals surface area contributed by atoms with Gasteiger partial charge in [0, 0.05) is 35.8 Å². The molecular weight excluding hydrogens is 873 g/mol. The third kappa shape index (κ3) is 8.21. The first kappa shape index (κ1) is 33.2. The van der Waals surface area contributed by atoms with Gasteiger partial charge in [-0.1, -0.05) is 78.4 Å². The van der Waals surface area contributed by atoms with Crippen LogP contribution in [0.3, 0.4) is 0 Å². The Morgan fingerprint density at radius 3 is 2.19 bits per heavy atom. The minimum atomic E-state index is -2.14. The maximum absolute atomic E-state index is 7.69. The fourth-order valence-electron chi connectivity index (χ4n) is 6.17. The van der Waals surface area contributed by atoms with E-state index in [1.807, 2.05) is 60.8 Å². The minimum Gasteiger partial charge on any atom is 0 e. The van der Waals surface area contributed by atoms with Crippen LogP contribution in [0.4, 0.5) is 0 Å². The van der Waals surface area contributed by atoms with Gasteiger partial charge in [-0.2, -0.15) is 0 Å². The molecule has 0 unspecified atom stereocenters. The van der Waals surface area contributed by atoms with Gasteiger partial charge in [-0.3, -0.25) is 0 Å². The van der Waals surface area contributed by atoms with E-state index in [1.54, 1.807) is 18.2 Å². The molecule has 0 fully saturated rings. The monoisotopic (exact) mass is 920 g/mol. The van der Waals surface area contributed by atoms with Crippen LogP contribution in [0.2, 0.25) is 17.3 Å². The molecule has 3 nitrogen and oxygen atoms in total. The molecular formula is C47H42GeIrN2O-2. The molecule has 3 heterocycles. The fraction of sp³-hybridized carbons (Fsp3) is 0.149. The van der Waals surface area contributed by atoms with Crippen LogP contribution in [-0.2, 0) is 20.1 Å². The van der Waals surface area contributed by atoms with Gasteiger partial charge in [0.2, 0.25) is 0 Å². The molecule has 0 amide bonds. The summed E-state index contributed by atoms with van der Waals surface area (Å²) in [6, 6.07) is 48.7. The van der Waals surface area contributed by atoms with Crippen LogP contribution < -0.4 is 4.40 Å². The van der Waals surface area contributed by atoms with Crippen LogP contribution in [0.25, 0.3) is 66.7 Å². The van der Waals surface area contributed by atoms with E-state index in [9.17, 15) is 0 Å². The number of nitrogens with zero attached hydrogens (tertiary/aromatic N) is 2. The van der Waals surface area contributed by atoms with Crippen molar-refractivity contribution in [1.29, 1.82) is 0 Å². The van der Waals surface area contributed by atoms with Crippen molar-refractivity contribution < 1.29 is 28.6 Å². The van der Waals surface area contributed by atoms with Gasteiger partial charge >= 0.3 is 135 Å². The molecule has 1 radical (unpaired) electrons. The van der Waals surface area contributed by atoms with Crippen molar-refractivity contribution in [3.8, 4) is 44.8 Å². The summed E-state index contributed by atoms with van der Waals surface area (Å²) in [5.41, 5.74) is 10.9. The summed E-state index contributed by atoms with van der Waals surface area (Å²) in [6.45, 7) is 2.18. The van der Waals surface area contributed by atoms with Gasteiger partial charge in [-0.15, -0.1) is 18.2 Å². The molecule has 0 saturated heterocycles. The maximum atomic E-state index is 7.69. The van der Waals surface area contributed by atoms with E-state index >= 15 is 0 Å². The topological polar surface area (TPSA) is 38.9 Å². The van der Waals surface area contributed by atoms with Crippen molar-refractivity contribution in [2.24, 2.45) is 0 Å². The van der Waals surface area contributed by atoms with Gasteiger partial charge in [0.25, 0.3) is 0 Å². The smallest absolute Gasteiger partial charge is 0 e. The van der Waals surface area contributed by atoms with Crippen LogP contribution in [0.5, 0.6) is 0 Å². The molecule has 0 N–H and O–H groups in total. The Labute approximate surface area is 328 Å². The number of rotatable bonds is 6. The Morgan fingerprint density at radius 2 is 1.44 bits per heavy atom. The summed E-state index contributed by atoms with van der Waals surface area (Å²) in [4.78, 5) is 9.23. The van der Waals surface area contributed by atoms with Crippen molar-refractivity contribution >= 4 is 39.6 Å². The zero-order chi connectivity index (χ0) is 38.0. The quantitative estimate of drug-likeness (QED) is 0.123. The van der Waals surface area contributed by atoms with Crippen molar-refractivity contribution in [3.63, 3.8) is 0 Å². The molecule has 5 aromatic carbocycles.